The molecule has 0 radical (unpaired) electrons. The number of nitrogens with one attached hydrogen (secondary N) is 1. The third-order valence-corrected chi connectivity index (χ3v) is 5.66. The highest BCUT2D eigenvalue weighted by Crippen LogP contribution is 2.38. The zero-order chi connectivity index (χ0) is 17.9. The van der Waals surface area contributed by atoms with Crippen LogP contribution in [0, 0.1) is 11.8 Å². The molecule has 3 N–H and O–H groups in total. The van der Waals surface area contributed by atoms with E-state index in [0.29, 0.717) is 18.9 Å². The SMILES string of the molecule is OC[C@@H]1[C@@H](Cc2ccnc(C3CC3)n2)[C@H](NCc2ccccn2)C[C@H]1O. The molecule has 2 aliphatic carbocycles. The molecule has 2 aromatic heterocycles. The van der Waals surface area contributed by atoms with E-state index in [1.807, 2.05) is 30.5 Å². The number of aliphatic hydroxyl groups excluding tert-OH is 2. The van der Waals surface area contributed by atoms with E-state index >= 15 is 0 Å². The molecule has 6 heteroatoms. The Morgan fingerprint density at radius 3 is 2.65 bits per heavy atom. The van der Waals surface area contributed by atoms with E-state index in [9.17, 15) is 10.2 Å². The van der Waals surface area contributed by atoms with E-state index < -0.39 is 6.10 Å². The van der Waals surface area contributed by atoms with Crippen LogP contribution in [0.1, 0.15) is 42.4 Å². The highest BCUT2D eigenvalue weighted by Gasteiger charge is 2.42. The predicted octanol–water partition coefficient (Wildman–Crippen LogP) is 1.44. The number of hydrogen-bond acceptors (Lipinski definition) is 6. The largest absolute Gasteiger partial charge is 0.396 e. The van der Waals surface area contributed by atoms with Gasteiger partial charge in [0.05, 0.1) is 11.8 Å². The number of hydrogen-bond donors (Lipinski definition) is 3. The highest BCUT2D eigenvalue weighted by atomic mass is 16.3. The standard InChI is InChI=1S/C20H26N4O2/c25-12-17-16(9-14-6-8-22-20(24-14)13-4-5-13)18(10-19(17)26)23-11-15-3-1-2-7-21-15/h1-3,6-8,13,16-19,23,25-26H,4-5,9-12H2/t16-,17-,18-,19-/m1/s1. The second-order valence-electron chi connectivity index (χ2n) is 7.51. The van der Waals surface area contributed by atoms with E-state index in [-0.39, 0.29) is 24.5 Å². The van der Waals surface area contributed by atoms with E-state index in [0.717, 1.165) is 23.6 Å². The highest BCUT2D eigenvalue weighted by molar-refractivity contribution is 5.12. The van der Waals surface area contributed by atoms with Crippen molar-refractivity contribution < 1.29 is 10.2 Å². The molecule has 26 heavy (non-hydrogen) atoms. The average Bonchev–Trinajstić information content (AvgIpc) is 3.47. The van der Waals surface area contributed by atoms with E-state index in [4.69, 9.17) is 4.98 Å². The van der Waals surface area contributed by atoms with E-state index in [1.165, 1.54) is 12.8 Å². The van der Waals surface area contributed by atoms with Crippen LogP contribution in [0.25, 0.3) is 0 Å². The molecule has 0 spiro atoms. The quantitative estimate of drug-likeness (QED) is 0.697. The van der Waals surface area contributed by atoms with Gasteiger partial charge in [0.15, 0.2) is 0 Å². The van der Waals surface area contributed by atoms with Gasteiger partial charge in [0.25, 0.3) is 0 Å². The molecule has 0 unspecified atom stereocenters. The monoisotopic (exact) mass is 354 g/mol. The summed E-state index contributed by atoms with van der Waals surface area (Å²) >= 11 is 0. The molecule has 2 aromatic rings. The molecule has 2 heterocycles. The lowest BCUT2D eigenvalue weighted by atomic mass is 9.88. The molecule has 2 saturated carbocycles. The summed E-state index contributed by atoms with van der Waals surface area (Å²) in [6.07, 6.45) is 6.88. The Bertz CT molecular complexity index is 723. The number of pyridine rings is 1. The van der Waals surface area contributed by atoms with E-state index in [2.05, 4.69) is 15.3 Å². The van der Waals surface area contributed by atoms with Crippen molar-refractivity contribution in [2.24, 2.45) is 11.8 Å². The van der Waals surface area contributed by atoms with Crippen LogP contribution in [-0.2, 0) is 13.0 Å². The first-order chi connectivity index (χ1) is 12.7. The van der Waals surface area contributed by atoms with Gasteiger partial charge in [-0.3, -0.25) is 4.98 Å². The maximum Gasteiger partial charge on any atom is 0.131 e. The molecule has 6 nitrogen and oxygen atoms in total. The Kier molecular flexibility index (Phi) is 5.24. The normalized spacial score (nSPS) is 28.4. The lowest BCUT2D eigenvalue weighted by molar-refractivity contribution is 0.0716. The molecule has 2 fully saturated rings. The number of nitrogens with zero attached hydrogens (tertiary/aromatic N) is 3. The molecule has 0 amide bonds. The van der Waals surface area contributed by atoms with Gasteiger partial charge in [-0.15, -0.1) is 0 Å². The van der Waals surface area contributed by atoms with Gasteiger partial charge in [0.1, 0.15) is 5.82 Å². The van der Waals surface area contributed by atoms with Gasteiger partial charge in [0.2, 0.25) is 0 Å². The third kappa shape index (κ3) is 3.92. The maximum atomic E-state index is 10.4. The van der Waals surface area contributed by atoms with Crippen molar-refractivity contribution in [2.45, 2.75) is 50.3 Å². The lowest BCUT2D eigenvalue weighted by Gasteiger charge is -2.25. The van der Waals surface area contributed by atoms with Crippen LogP contribution in [-0.4, -0.2) is 43.9 Å². The van der Waals surface area contributed by atoms with Crippen molar-refractivity contribution in [1.82, 2.24) is 20.3 Å². The molecule has 4 atom stereocenters. The first-order valence-corrected chi connectivity index (χ1v) is 9.48. The zero-order valence-electron chi connectivity index (χ0n) is 14.8. The minimum absolute atomic E-state index is 0.00579. The molecule has 4 rings (SSSR count). The van der Waals surface area contributed by atoms with Gasteiger partial charge in [-0.05, 0) is 49.8 Å². The van der Waals surface area contributed by atoms with Gasteiger partial charge >= 0.3 is 0 Å². The van der Waals surface area contributed by atoms with Gasteiger partial charge in [-0.25, -0.2) is 9.97 Å². The lowest BCUT2D eigenvalue weighted by Crippen LogP contribution is -2.36. The predicted molar refractivity (Wildman–Crippen MR) is 97.3 cm³/mol. The van der Waals surface area contributed by atoms with Crippen LogP contribution >= 0.6 is 0 Å². The second kappa shape index (κ2) is 7.78. The Labute approximate surface area is 153 Å². The van der Waals surface area contributed by atoms with Crippen molar-refractivity contribution >= 4 is 0 Å². The van der Waals surface area contributed by atoms with Gasteiger partial charge in [-0.1, -0.05) is 6.07 Å². The molecule has 2 aliphatic rings. The zero-order valence-corrected chi connectivity index (χ0v) is 14.8. The van der Waals surface area contributed by atoms with Gasteiger partial charge in [-0.2, -0.15) is 0 Å². The smallest absolute Gasteiger partial charge is 0.131 e. The minimum Gasteiger partial charge on any atom is -0.396 e. The summed E-state index contributed by atoms with van der Waals surface area (Å²) in [6.45, 7) is 0.651. The van der Waals surface area contributed by atoms with E-state index in [1.54, 1.807) is 6.20 Å². The summed E-state index contributed by atoms with van der Waals surface area (Å²) in [5.74, 6) is 1.48. The van der Waals surface area contributed by atoms with Crippen LogP contribution in [0.5, 0.6) is 0 Å². The van der Waals surface area contributed by atoms with Crippen molar-refractivity contribution in [3.63, 3.8) is 0 Å². The Morgan fingerprint density at radius 1 is 1.04 bits per heavy atom. The van der Waals surface area contributed by atoms with Gasteiger partial charge < -0.3 is 15.5 Å². The summed E-state index contributed by atoms with van der Waals surface area (Å²) in [7, 11) is 0. The van der Waals surface area contributed by atoms with Crippen LogP contribution in [0.2, 0.25) is 0 Å². The first kappa shape index (κ1) is 17.5. The molecule has 0 saturated heterocycles. The molecule has 138 valence electrons. The summed E-state index contributed by atoms with van der Waals surface area (Å²) in [5.41, 5.74) is 1.98. The number of aromatic nitrogens is 3. The average molecular weight is 354 g/mol. The topological polar surface area (TPSA) is 91.2 Å². The van der Waals surface area contributed by atoms with Crippen molar-refractivity contribution in [1.29, 1.82) is 0 Å². The summed E-state index contributed by atoms with van der Waals surface area (Å²) in [5, 5.41) is 23.8. The molecule has 0 aliphatic heterocycles. The minimum atomic E-state index is -0.490. The second-order valence-corrected chi connectivity index (χ2v) is 7.51. The molecular weight excluding hydrogens is 328 g/mol. The third-order valence-electron chi connectivity index (χ3n) is 5.66. The maximum absolute atomic E-state index is 10.4. The van der Waals surface area contributed by atoms with Gasteiger partial charge in [0, 0.05) is 49.1 Å². The van der Waals surface area contributed by atoms with Crippen molar-refractivity contribution in [2.75, 3.05) is 6.61 Å². The molecular formula is C20H26N4O2. The van der Waals surface area contributed by atoms with Crippen LogP contribution in [0.4, 0.5) is 0 Å². The number of rotatable bonds is 7. The Balaban J connectivity index is 1.47. The van der Waals surface area contributed by atoms with Crippen LogP contribution < -0.4 is 5.32 Å². The fourth-order valence-electron chi connectivity index (χ4n) is 4.02. The molecule has 0 aromatic carbocycles. The fourth-order valence-corrected chi connectivity index (χ4v) is 4.02. The Hall–Kier alpha value is -1.89. The summed E-state index contributed by atoms with van der Waals surface area (Å²) in [6, 6.07) is 7.95. The fraction of sp³-hybridized carbons (Fsp3) is 0.550. The van der Waals surface area contributed by atoms with Crippen molar-refractivity contribution in [3.8, 4) is 0 Å². The van der Waals surface area contributed by atoms with Crippen LogP contribution in [0.15, 0.2) is 36.7 Å². The Morgan fingerprint density at radius 2 is 1.92 bits per heavy atom. The summed E-state index contributed by atoms with van der Waals surface area (Å²) in [4.78, 5) is 13.5. The first-order valence-electron chi connectivity index (χ1n) is 9.48. The van der Waals surface area contributed by atoms with Crippen LogP contribution in [0.3, 0.4) is 0 Å². The summed E-state index contributed by atoms with van der Waals surface area (Å²) < 4.78 is 0. The van der Waals surface area contributed by atoms with Crippen molar-refractivity contribution in [3.05, 3.63) is 53.9 Å². The number of aliphatic hydroxyl groups is 2. The molecule has 0 bridgehead atoms.